The van der Waals surface area contributed by atoms with Crippen molar-refractivity contribution in [3.05, 3.63) is 0 Å². The maximum Gasteiger partial charge on any atom is 0.281 e. The molecular formula is C18H32N4O4S. The van der Waals surface area contributed by atoms with Gasteiger partial charge in [0.05, 0.1) is 5.92 Å². The summed E-state index contributed by atoms with van der Waals surface area (Å²) in [4.78, 5) is 26.0. The minimum absolute atomic E-state index is 0.0186. The lowest BCUT2D eigenvalue weighted by molar-refractivity contribution is -0.139. The Hall–Kier alpha value is -1.19. The largest absolute Gasteiger partial charge is 0.369 e. The Balaban J connectivity index is 1.59. The van der Waals surface area contributed by atoms with Gasteiger partial charge in [0.2, 0.25) is 11.8 Å². The van der Waals surface area contributed by atoms with Crippen LogP contribution in [0.5, 0.6) is 0 Å². The summed E-state index contributed by atoms with van der Waals surface area (Å²) in [5.74, 6) is -0.158. The van der Waals surface area contributed by atoms with E-state index in [1.54, 1.807) is 9.21 Å². The topological polar surface area (TPSA) is 104 Å². The van der Waals surface area contributed by atoms with Gasteiger partial charge in [-0.3, -0.25) is 9.59 Å². The van der Waals surface area contributed by atoms with Crippen molar-refractivity contribution in [1.82, 2.24) is 13.5 Å². The number of carbonyl (C=O) groups excluding carboxylic acids is 2. The van der Waals surface area contributed by atoms with Crippen LogP contribution in [0.3, 0.4) is 0 Å². The molecule has 9 heteroatoms. The quantitative estimate of drug-likeness (QED) is 0.737. The van der Waals surface area contributed by atoms with Gasteiger partial charge in [-0.1, -0.05) is 6.92 Å². The van der Waals surface area contributed by atoms with Gasteiger partial charge in [-0.25, -0.2) is 0 Å². The van der Waals surface area contributed by atoms with Crippen molar-refractivity contribution in [2.75, 3.05) is 39.3 Å². The molecule has 3 aliphatic heterocycles. The van der Waals surface area contributed by atoms with Crippen LogP contribution >= 0.6 is 0 Å². The number of carbonyl (C=O) groups is 2. The molecule has 154 valence electrons. The second kappa shape index (κ2) is 8.45. The zero-order valence-electron chi connectivity index (χ0n) is 16.2. The average molecular weight is 401 g/mol. The number of hydrogen-bond donors (Lipinski definition) is 1. The summed E-state index contributed by atoms with van der Waals surface area (Å²) in [5, 5.41) is 0. The Labute approximate surface area is 162 Å². The molecule has 0 saturated carbocycles. The summed E-state index contributed by atoms with van der Waals surface area (Å²) in [6.45, 7) is 5.10. The van der Waals surface area contributed by atoms with Crippen molar-refractivity contribution in [2.24, 2.45) is 23.5 Å². The Morgan fingerprint density at radius 1 is 0.852 bits per heavy atom. The number of amides is 2. The number of likely N-dealkylation sites (tertiary alicyclic amines) is 1. The number of nitrogens with two attached hydrogens (primary N) is 1. The molecule has 27 heavy (non-hydrogen) atoms. The Morgan fingerprint density at radius 2 is 1.48 bits per heavy atom. The van der Waals surface area contributed by atoms with E-state index in [4.69, 9.17) is 5.73 Å². The van der Waals surface area contributed by atoms with Gasteiger partial charge in [-0.2, -0.15) is 17.0 Å². The highest BCUT2D eigenvalue weighted by Gasteiger charge is 2.38. The van der Waals surface area contributed by atoms with Crippen LogP contribution in [-0.4, -0.2) is 73.0 Å². The normalized spacial score (nSPS) is 27.6. The zero-order chi connectivity index (χ0) is 19.6. The van der Waals surface area contributed by atoms with Gasteiger partial charge in [0, 0.05) is 45.2 Å². The number of hydrogen-bond acceptors (Lipinski definition) is 4. The van der Waals surface area contributed by atoms with E-state index in [0.29, 0.717) is 57.9 Å². The van der Waals surface area contributed by atoms with Gasteiger partial charge in [0.15, 0.2) is 0 Å². The van der Waals surface area contributed by atoms with Gasteiger partial charge < -0.3 is 10.6 Å². The lowest BCUT2D eigenvalue weighted by atomic mass is 9.93. The molecule has 3 rings (SSSR count). The maximum absolute atomic E-state index is 13.0. The van der Waals surface area contributed by atoms with Crippen molar-refractivity contribution in [3.63, 3.8) is 0 Å². The van der Waals surface area contributed by atoms with Crippen LogP contribution in [0.15, 0.2) is 0 Å². The van der Waals surface area contributed by atoms with Gasteiger partial charge in [0.25, 0.3) is 10.2 Å². The molecule has 3 saturated heterocycles. The molecule has 3 aliphatic rings. The lowest BCUT2D eigenvalue weighted by Crippen LogP contribution is -2.53. The van der Waals surface area contributed by atoms with E-state index >= 15 is 0 Å². The van der Waals surface area contributed by atoms with E-state index < -0.39 is 10.2 Å². The first-order valence-electron chi connectivity index (χ1n) is 10.1. The second-order valence-corrected chi connectivity index (χ2v) is 10.2. The van der Waals surface area contributed by atoms with Crippen molar-refractivity contribution >= 4 is 22.0 Å². The van der Waals surface area contributed by atoms with Crippen molar-refractivity contribution in [1.29, 1.82) is 0 Å². The number of primary amides is 1. The fourth-order valence-corrected chi connectivity index (χ4v) is 6.10. The molecule has 0 aliphatic carbocycles. The predicted molar refractivity (Wildman–Crippen MR) is 102 cm³/mol. The van der Waals surface area contributed by atoms with Gasteiger partial charge in [0.1, 0.15) is 0 Å². The summed E-state index contributed by atoms with van der Waals surface area (Å²) >= 11 is 0. The molecule has 1 atom stereocenters. The molecule has 0 radical (unpaired) electrons. The van der Waals surface area contributed by atoms with Crippen LogP contribution in [0.1, 0.15) is 45.4 Å². The van der Waals surface area contributed by atoms with Crippen LogP contribution in [0.25, 0.3) is 0 Å². The van der Waals surface area contributed by atoms with Crippen molar-refractivity contribution in [3.8, 4) is 0 Å². The minimum atomic E-state index is -3.49. The molecule has 3 heterocycles. The van der Waals surface area contributed by atoms with Gasteiger partial charge in [-0.15, -0.1) is 0 Å². The molecule has 0 bridgehead atoms. The van der Waals surface area contributed by atoms with Crippen molar-refractivity contribution in [2.45, 2.75) is 45.4 Å². The highest BCUT2D eigenvalue weighted by atomic mass is 32.2. The SMILES string of the molecule is CC1CCN(S(=O)(=O)N2CCCC(C(=O)N3CCC(C(N)=O)CC3)C2)CC1. The van der Waals surface area contributed by atoms with E-state index in [0.717, 1.165) is 19.3 Å². The molecule has 2 amide bonds. The van der Waals surface area contributed by atoms with Crippen LogP contribution in [-0.2, 0) is 19.8 Å². The summed E-state index contributed by atoms with van der Waals surface area (Å²) in [7, 11) is -3.49. The van der Waals surface area contributed by atoms with Crippen LogP contribution < -0.4 is 5.73 Å². The molecule has 2 N–H and O–H groups in total. The fourth-order valence-electron chi connectivity index (χ4n) is 4.38. The Kier molecular flexibility index (Phi) is 6.43. The predicted octanol–water partition coefficient (Wildman–Crippen LogP) is 0.399. The summed E-state index contributed by atoms with van der Waals surface area (Å²) in [6.07, 6.45) is 4.41. The average Bonchev–Trinajstić information content (AvgIpc) is 2.68. The first-order valence-corrected chi connectivity index (χ1v) is 11.5. The van der Waals surface area contributed by atoms with E-state index in [-0.39, 0.29) is 30.2 Å². The monoisotopic (exact) mass is 400 g/mol. The number of piperidine rings is 3. The molecule has 3 fully saturated rings. The maximum atomic E-state index is 13.0. The van der Waals surface area contributed by atoms with E-state index in [2.05, 4.69) is 6.92 Å². The first kappa shape index (κ1) is 20.5. The highest BCUT2D eigenvalue weighted by Crippen LogP contribution is 2.27. The molecule has 0 aromatic rings. The van der Waals surface area contributed by atoms with E-state index in [1.807, 2.05) is 0 Å². The third-order valence-corrected chi connectivity index (χ3v) is 8.34. The molecular weight excluding hydrogens is 368 g/mol. The second-order valence-electron chi connectivity index (χ2n) is 8.29. The smallest absolute Gasteiger partial charge is 0.281 e. The fraction of sp³-hybridized carbons (Fsp3) is 0.889. The molecule has 0 aromatic carbocycles. The Bertz CT molecular complexity index is 652. The first-order chi connectivity index (χ1) is 12.8. The summed E-state index contributed by atoms with van der Waals surface area (Å²) in [5.41, 5.74) is 5.36. The molecule has 8 nitrogen and oxygen atoms in total. The standard InChI is InChI=1S/C18H32N4O4S/c1-14-4-11-21(12-5-14)27(25,26)22-8-2-3-16(13-22)18(24)20-9-6-15(7-10-20)17(19)23/h14-16H,2-13H2,1H3,(H2,19,23). The van der Waals surface area contributed by atoms with E-state index in [1.165, 1.54) is 4.31 Å². The van der Waals surface area contributed by atoms with Gasteiger partial charge in [-0.05, 0) is 44.4 Å². The van der Waals surface area contributed by atoms with Crippen LogP contribution in [0, 0.1) is 17.8 Å². The molecule has 0 spiro atoms. The lowest BCUT2D eigenvalue weighted by Gasteiger charge is -2.39. The summed E-state index contributed by atoms with van der Waals surface area (Å²) < 4.78 is 29.1. The third-order valence-electron chi connectivity index (χ3n) is 6.34. The molecule has 1 unspecified atom stereocenters. The third kappa shape index (κ3) is 4.63. The minimum Gasteiger partial charge on any atom is -0.369 e. The highest BCUT2D eigenvalue weighted by molar-refractivity contribution is 7.86. The van der Waals surface area contributed by atoms with Crippen molar-refractivity contribution < 1.29 is 18.0 Å². The summed E-state index contributed by atoms with van der Waals surface area (Å²) in [6, 6.07) is 0. The zero-order valence-corrected chi connectivity index (χ0v) is 17.0. The van der Waals surface area contributed by atoms with Crippen LogP contribution in [0.4, 0.5) is 0 Å². The van der Waals surface area contributed by atoms with E-state index in [9.17, 15) is 18.0 Å². The number of rotatable bonds is 4. The Morgan fingerprint density at radius 3 is 2.07 bits per heavy atom. The molecule has 0 aromatic heterocycles. The number of nitrogens with zero attached hydrogens (tertiary/aromatic N) is 3. The van der Waals surface area contributed by atoms with Crippen LogP contribution in [0.2, 0.25) is 0 Å². The van der Waals surface area contributed by atoms with Gasteiger partial charge >= 0.3 is 0 Å².